The maximum atomic E-state index is 12.2. The number of ether oxygens (including phenoxy) is 1. The van der Waals surface area contributed by atoms with Gasteiger partial charge in [-0.15, -0.1) is 0 Å². The van der Waals surface area contributed by atoms with Crippen LogP contribution in [-0.2, 0) is 4.74 Å². The monoisotopic (exact) mass is 422 g/mol. The van der Waals surface area contributed by atoms with Gasteiger partial charge in [0.2, 0.25) is 0 Å². The molecule has 1 aliphatic heterocycles. The molecule has 0 bridgehead atoms. The summed E-state index contributed by atoms with van der Waals surface area (Å²) in [5.41, 5.74) is 6.80. The molecular weight excluding hydrogens is 400 g/mol. The van der Waals surface area contributed by atoms with Crippen molar-refractivity contribution < 1.29 is 9.53 Å². The number of nitrogens with two attached hydrogens (primary N) is 1. The number of halogens is 1. The molecule has 2 aromatic rings. The Balaban J connectivity index is 1.63. The van der Waals surface area contributed by atoms with Crippen molar-refractivity contribution in [2.75, 3.05) is 18.8 Å². The fraction of sp³-hybridized carbons (Fsp3) is 0.529. The number of amides is 1. The van der Waals surface area contributed by atoms with Crippen LogP contribution in [0.5, 0.6) is 0 Å². The standard InChI is InChI=1S/C17H23BrN6O2/c1-17(2,3)26-16(25)23-6-4-12(5-7-23)24-10-11(8-21-24)13-9-20-15(19)14(18)22-13/h8-10,12H,4-7H2,1-3H3,(H2,19,20). The Bertz CT molecular complexity index is 793. The van der Waals surface area contributed by atoms with Gasteiger partial charge in [-0.05, 0) is 49.5 Å². The molecule has 0 radical (unpaired) electrons. The van der Waals surface area contributed by atoms with Crippen LogP contribution in [0.4, 0.5) is 10.6 Å². The molecule has 0 saturated carbocycles. The third kappa shape index (κ3) is 4.32. The number of carbonyl (C=O) groups excluding carboxylic acids is 1. The zero-order valence-electron chi connectivity index (χ0n) is 15.1. The van der Waals surface area contributed by atoms with E-state index in [1.165, 1.54) is 0 Å². The summed E-state index contributed by atoms with van der Waals surface area (Å²) >= 11 is 3.29. The van der Waals surface area contributed by atoms with Crippen molar-refractivity contribution in [3.8, 4) is 11.3 Å². The molecule has 1 saturated heterocycles. The molecular formula is C17H23BrN6O2. The van der Waals surface area contributed by atoms with Gasteiger partial charge in [0.05, 0.1) is 24.1 Å². The van der Waals surface area contributed by atoms with Gasteiger partial charge in [0.25, 0.3) is 0 Å². The number of hydrogen-bond donors (Lipinski definition) is 1. The van der Waals surface area contributed by atoms with Crippen LogP contribution in [0.1, 0.15) is 39.7 Å². The molecule has 3 rings (SSSR count). The minimum Gasteiger partial charge on any atom is -0.444 e. The Kier molecular flexibility index (Phi) is 5.17. The third-order valence-corrected chi connectivity index (χ3v) is 4.73. The van der Waals surface area contributed by atoms with E-state index in [-0.39, 0.29) is 12.1 Å². The number of aromatic nitrogens is 4. The van der Waals surface area contributed by atoms with E-state index in [0.29, 0.717) is 29.2 Å². The molecule has 2 N–H and O–H groups in total. The van der Waals surface area contributed by atoms with Crippen molar-refractivity contribution in [3.05, 3.63) is 23.2 Å². The predicted molar refractivity (Wildman–Crippen MR) is 101 cm³/mol. The van der Waals surface area contributed by atoms with Gasteiger partial charge in [0, 0.05) is 24.8 Å². The molecule has 9 heteroatoms. The second-order valence-electron chi connectivity index (χ2n) is 7.34. The van der Waals surface area contributed by atoms with Gasteiger partial charge in [0.15, 0.2) is 5.82 Å². The highest BCUT2D eigenvalue weighted by Crippen LogP contribution is 2.26. The number of anilines is 1. The number of nitrogens with zero attached hydrogens (tertiary/aromatic N) is 5. The summed E-state index contributed by atoms with van der Waals surface area (Å²) in [6.07, 6.45) is 6.77. The van der Waals surface area contributed by atoms with Crippen molar-refractivity contribution >= 4 is 27.8 Å². The highest BCUT2D eigenvalue weighted by molar-refractivity contribution is 9.10. The molecule has 0 spiro atoms. The first kappa shape index (κ1) is 18.6. The maximum Gasteiger partial charge on any atom is 0.410 e. The molecule has 26 heavy (non-hydrogen) atoms. The average Bonchev–Trinajstić information content (AvgIpc) is 3.06. The summed E-state index contributed by atoms with van der Waals surface area (Å²) in [5, 5.41) is 4.47. The van der Waals surface area contributed by atoms with Gasteiger partial charge < -0.3 is 15.4 Å². The van der Waals surface area contributed by atoms with E-state index in [4.69, 9.17) is 10.5 Å². The fourth-order valence-electron chi connectivity index (χ4n) is 2.82. The van der Waals surface area contributed by atoms with Gasteiger partial charge >= 0.3 is 6.09 Å². The normalized spacial score (nSPS) is 15.9. The highest BCUT2D eigenvalue weighted by atomic mass is 79.9. The molecule has 3 heterocycles. The van der Waals surface area contributed by atoms with E-state index in [1.54, 1.807) is 17.3 Å². The minimum absolute atomic E-state index is 0.243. The van der Waals surface area contributed by atoms with Crippen LogP contribution in [-0.4, -0.2) is 49.4 Å². The number of rotatable bonds is 2. The quantitative estimate of drug-likeness (QED) is 0.796. The van der Waals surface area contributed by atoms with Crippen LogP contribution >= 0.6 is 15.9 Å². The highest BCUT2D eigenvalue weighted by Gasteiger charge is 2.28. The molecule has 1 fully saturated rings. The van der Waals surface area contributed by atoms with Gasteiger partial charge in [-0.1, -0.05) is 0 Å². The van der Waals surface area contributed by atoms with E-state index >= 15 is 0 Å². The molecule has 1 amide bonds. The SMILES string of the molecule is CC(C)(C)OC(=O)N1CCC(n2cc(-c3cnc(N)c(Br)n3)cn2)CC1. The van der Waals surface area contributed by atoms with Gasteiger partial charge in [0.1, 0.15) is 10.2 Å². The first-order chi connectivity index (χ1) is 12.2. The van der Waals surface area contributed by atoms with Crippen molar-refractivity contribution in [1.29, 1.82) is 0 Å². The van der Waals surface area contributed by atoms with E-state index in [9.17, 15) is 4.79 Å². The lowest BCUT2D eigenvalue weighted by molar-refractivity contribution is 0.0185. The molecule has 2 aromatic heterocycles. The lowest BCUT2D eigenvalue weighted by atomic mass is 10.1. The third-order valence-electron chi connectivity index (χ3n) is 4.14. The summed E-state index contributed by atoms with van der Waals surface area (Å²) in [6, 6.07) is 0.243. The van der Waals surface area contributed by atoms with E-state index in [1.807, 2.05) is 31.6 Å². The van der Waals surface area contributed by atoms with Crippen LogP contribution in [0.25, 0.3) is 11.3 Å². The van der Waals surface area contributed by atoms with Crippen LogP contribution in [0, 0.1) is 0 Å². The molecule has 1 aliphatic rings. The largest absolute Gasteiger partial charge is 0.444 e. The zero-order valence-corrected chi connectivity index (χ0v) is 16.7. The van der Waals surface area contributed by atoms with Gasteiger partial charge in [-0.3, -0.25) is 4.68 Å². The Morgan fingerprint density at radius 2 is 2.00 bits per heavy atom. The molecule has 0 aliphatic carbocycles. The Labute approximate surface area is 160 Å². The number of piperidine rings is 1. The molecule has 0 aromatic carbocycles. The summed E-state index contributed by atoms with van der Waals surface area (Å²) in [4.78, 5) is 22.4. The van der Waals surface area contributed by atoms with E-state index in [0.717, 1.165) is 18.4 Å². The van der Waals surface area contributed by atoms with E-state index in [2.05, 4.69) is 31.0 Å². The van der Waals surface area contributed by atoms with Gasteiger partial charge in [-0.2, -0.15) is 5.10 Å². The smallest absolute Gasteiger partial charge is 0.410 e. The second-order valence-corrected chi connectivity index (χ2v) is 8.09. The Hall–Kier alpha value is -2.16. The number of carbonyl (C=O) groups is 1. The predicted octanol–water partition coefficient (Wildman–Crippen LogP) is 3.26. The van der Waals surface area contributed by atoms with Crippen LogP contribution in [0.15, 0.2) is 23.2 Å². The molecule has 0 atom stereocenters. The van der Waals surface area contributed by atoms with Crippen LogP contribution in [0.2, 0.25) is 0 Å². The lowest BCUT2D eigenvalue weighted by Gasteiger charge is -2.33. The molecule has 140 valence electrons. The second kappa shape index (κ2) is 7.22. The van der Waals surface area contributed by atoms with E-state index < -0.39 is 5.60 Å². The topological polar surface area (TPSA) is 99.2 Å². The molecule has 8 nitrogen and oxygen atoms in total. The number of hydrogen-bond acceptors (Lipinski definition) is 6. The zero-order chi connectivity index (χ0) is 18.9. The van der Waals surface area contributed by atoms with Crippen molar-refractivity contribution in [3.63, 3.8) is 0 Å². The summed E-state index contributed by atoms with van der Waals surface area (Å²) in [6.45, 7) is 6.94. The van der Waals surface area contributed by atoms with Crippen molar-refractivity contribution in [1.82, 2.24) is 24.6 Å². The maximum absolute atomic E-state index is 12.2. The first-order valence-electron chi connectivity index (χ1n) is 8.53. The Morgan fingerprint density at radius 1 is 1.31 bits per heavy atom. The number of likely N-dealkylation sites (tertiary alicyclic amines) is 1. The lowest BCUT2D eigenvalue weighted by Crippen LogP contribution is -2.42. The Morgan fingerprint density at radius 3 is 2.62 bits per heavy atom. The average molecular weight is 423 g/mol. The molecule has 0 unspecified atom stereocenters. The number of nitrogen functional groups attached to an aromatic ring is 1. The van der Waals surface area contributed by atoms with Crippen LogP contribution < -0.4 is 5.73 Å². The minimum atomic E-state index is -0.473. The first-order valence-corrected chi connectivity index (χ1v) is 9.33. The van der Waals surface area contributed by atoms with Gasteiger partial charge in [-0.25, -0.2) is 14.8 Å². The van der Waals surface area contributed by atoms with Crippen LogP contribution in [0.3, 0.4) is 0 Å². The summed E-state index contributed by atoms with van der Waals surface area (Å²) < 4.78 is 7.90. The van der Waals surface area contributed by atoms with Crippen molar-refractivity contribution in [2.24, 2.45) is 0 Å². The fourth-order valence-corrected chi connectivity index (χ4v) is 3.12. The van der Waals surface area contributed by atoms with Crippen molar-refractivity contribution in [2.45, 2.75) is 45.3 Å². The summed E-state index contributed by atoms with van der Waals surface area (Å²) in [7, 11) is 0. The summed E-state index contributed by atoms with van der Waals surface area (Å²) in [5.74, 6) is 0.357.